The van der Waals surface area contributed by atoms with Crippen molar-refractivity contribution in [3.63, 3.8) is 0 Å². The molecule has 1 amide bonds. The van der Waals surface area contributed by atoms with Gasteiger partial charge < -0.3 is 14.8 Å². The number of hydrogen-bond donors (Lipinski definition) is 1. The van der Waals surface area contributed by atoms with Crippen LogP contribution in [0.15, 0.2) is 78.9 Å². The summed E-state index contributed by atoms with van der Waals surface area (Å²) in [6.07, 6.45) is 0.468. The predicted molar refractivity (Wildman–Crippen MR) is 115 cm³/mol. The highest BCUT2D eigenvalue weighted by Crippen LogP contribution is 2.19. The van der Waals surface area contributed by atoms with E-state index in [-0.39, 0.29) is 18.2 Å². The SMILES string of the molecule is COc1ccc(CC(=O)OCC(=O)N[C@@H](Cc2ccccc2)c2ccccc2)cc1F. The van der Waals surface area contributed by atoms with Crippen LogP contribution in [0.1, 0.15) is 22.7 Å². The summed E-state index contributed by atoms with van der Waals surface area (Å²) in [6.45, 7) is -0.407. The van der Waals surface area contributed by atoms with Crippen molar-refractivity contribution < 1.29 is 23.5 Å². The van der Waals surface area contributed by atoms with Crippen LogP contribution in [0.5, 0.6) is 5.75 Å². The molecule has 0 aliphatic carbocycles. The molecule has 0 aliphatic heterocycles. The monoisotopic (exact) mass is 421 g/mol. The van der Waals surface area contributed by atoms with Crippen LogP contribution in [0.25, 0.3) is 0 Å². The summed E-state index contributed by atoms with van der Waals surface area (Å²) < 4.78 is 23.7. The average molecular weight is 421 g/mol. The van der Waals surface area contributed by atoms with Crippen molar-refractivity contribution in [2.24, 2.45) is 0 Å². The van der Waals surface area contributed by atoms with Gasteiger partial charge in [-0.15, -0.1) is 0 Å². The van der Waals surface area contributed by atoms with Crippen LogP contribution in [-0.4, -0.2) is 25.6 Å². The number of ether oxygens (including phenoxy) is 2. The lowest BCUT2D eigenvalue weighted by Crippen LogP contribution is -2.33. The van der Waals surface area contributed by atoms with Crippen LogP contribution >= 0.6 is 0 Å². The summed E-state index contributed by atoms with van der Waals surface area (Å²) in [7, 11) is 1.37. The summed E-state index contributed by atoms with van der Waals surface area (Å²) in [5, 5.41) is 2.93. The van der Waals surface area contributed by atoms with Gasteiger partial charge in [0, 0.05) is 0 Å². The maximum absolute atomic E-state index is 13.8. The molecule has 0 radical (unpaired) electrons. The van der Waals surface area contributed by atoms with Crippen molar-refractivity contribution >= 4 is 11.9 Å². The van der Waals surface area contributed by atoms with Crippen molar-refractivity contribution in [1.82, 2.24) is 5.32 Å². The molecule has 0 spiro atoms. The predicted octanol–water partition coefficient (Wildman–Crippen LogP) is 4.02. The minimum Gasteiger partial charge on any atom is -0.494 e. The Balaban J connectivity index is 1.56. The van der Waals surface area contributed by atoms with Crippen molar-refractivity contribution in [1.29, 1.82) is 0 Å². The first kappa shape index (κ1) is 22.0. The minimum atomic E-state index is -0.612. The number of halogens is 1. The number of benzene rings is 3. The lowest BCUT2D eigenvalue weighted by atomic mass is 9.99. The highest BCUT2D eigenvalue weighted by atomic mass is 19.1. The molecule has 0 saturated carbocycles. The topological polar surface area (TPSA) is 64.6 Å². The Bertz CT molecular complexity index is 1010. The molecule has 3 aromatic rings. The molecule has 31 heavy (non-hydrogen) atoms. The van der Waals surface area contributed by atoms with E-state index in [1.165, 1.54) is 19.2 Å². The fourth-order valence-electron chi connectivity index (χ4n) is 3.21. The van der Waals surface area contributed by atoms with Gasteiger partial charge in [-0.25, -0.2) is 4.39 Å². The summed E-state index contributed by atoms with van der Waals surface area (Å²) in [5.41, 5.74) is 2.48. The molecule has 0 bridgehead atoms. The first-order chi connectivity index (χ1) is 15.0. The van der Waals surface area contributed by atoms with E-state index < -0.39 is 24.3 Å². The van der Waals surface area contributed by atoms with E-state index in [0.717, 1.165) is 11.1 Å². The molecule has 1 N–H and O–H groups in total. The van der Waals surface area contributed by atoms with Gasteiger partial charge in [0.2, 0.25) is 0 Å². The van der Waals surface area contributed by atoms with Gasteiger partial charge in [-0.05, 0) is 35.2 Å². The molecule has 0 aliphatic rings. The lowest BCUT2D eigenvalue weighted by Gasteiger charge is -2.19. The second-order valence-corrected chi connectivity index (χ2v) is 7.03. The zero-order valence-corrected chi connectivity index (χ0v) is 17.2. The van der Waals surface area contributed by atoms with Crippen molar-refractivity contribution in [3.8, 4) is 5.75 Å². The van der Waals surface area contributed by atoms with E-state index in [2.05, 4.69) is 5.32 Å². The minimum absolute atomic E-state index is 0.0989. The van der Waals surface area contributed by atoms with Gasteiger partial charge in [0.25, 0.3) is 5.91 Å². The molecule has 0 unspecified atom stereocenters. The number of carbonyl (C=O) groups excluding carboxylic acids is 2. The van der Waals surface area contributed by atoms with E-state index >= 15 is 0 Å². The number of nitrogens with one attached hydrogen (secondary N) is 1. The maximum atomic E-state index is 13.8. The van der Waals surface area contributed by atoms with Crippen LogP contribution in [-0.2, 0) is 27.2 Å². The highest BCUT2D eigenvalue weighted by molar-refractivity contribution is 5.81. The Hall–Kier alpha value is -3.67. The van der Waals surface area contributed by atoms with Crippen LogP contribution in [0.4, 0.5) is 4.39 Å². The summed E-state index contributed by atoms with van der Waals surface area (Å²) in [5.74, 6) is -1.47. The highest BCUT2D eigenvalue weighted by Gasteiger charge is 2.17. The van der Waals surface area contributed by atoms with E-state index in [1.807, 2.05) is 60.7 Å². The Labute approximate surface area is 180 Å². The quantitative estimate of drug-likeness (QED) is 0.530. The van der Waals surface area contributed by atoms with Crippen LogP contribution in [0, 0.1) is 5.82 Å². The molecule has 6 heteroatoms. The molecule has 1 atom stereocenters. The largest absolute Gasteiger partial charge is 0.494 e. The van der Waals surface area contributed by atoms with Crippen molar-refractivity contribution in [2.75, 3.05) is 13.7 Å². The van der Waals surface area contributed by atoms with Gasteiger partial charge in [0.15, 0.2) is 18.2 Å². The normalized spacial score (nSPS) is 11.4. The molecule has 160 valence electrons. The lowest BCUT2D eigenvalue weighted by molar-refractivity contribution is -0.148. The van der Waals surface area contributed by atoms with E-state index in [0.29, 0.717) is 12.0 Å². The number of methoxy groups -OCH3 is 1. The van der Waals surface area contributed by atoms with E-state index in [9.17, 15) is 14.0 Å². The van der Waals surface area contributed by atoms with Crippen LogP contribution in [0.3, 0.4) is 0 Å². The van der Waals surface area contributed by atoms with Crippen LogP contribution < -0.4 is 10.1 Å². The third kappa shape index (κ3) is 6.67. The number of esters is 1. The molecule has 0 aromatic heterocycles. The van der Waals surface area contributed by atoms with Crippen molar-refractivity contribution in [2.45, 2.75) is 18.9 Å². The number of carbonyl (C=O) groups is 2. The smallest absolute Gasteiger partial charge is 0.310 e. The van der Waals surface area contributed by atoms with Gasteiger partial charge in [-0.3, -0.25) is 9.59 Å². The zero-order valence-electron chi connectivity index (χ0n) is 17.2. The third-order valence-corrected chi connectivity index (χ3v) is 4.75. The Morgan fingerprint density at radius 2 is 1.61 bits per heavy atom. The molecular formula is C25H24FNO4. The van der Waals surface area contributed by atoms with Crippen LogP contribution in [0.2, 0.25) is 0 Å². The van der Waals surface area contributed by atoms with E-state index in [1.54, 1.807) is 6.07 Å². The Morgan fingerprint density at radius 3 is 2.26 bits per heavy atom. The molecule has 0 heterocycles. The van der Waals surface area contributed by atoms with Crippen molar-refractivity contribution in [3.05, 3.63) is 101 Å². The van der Waals surface area contributed by atoms with Gasteiger partial charge in [-0.1, -0.05) is 66.7 Å². The second kappa shape index (κ2) is 10.9. The molecule has 0 fully saturated rings. The van der Waals surface area contributed by atoms with Gasteiger partial charge in [0.1, 0.15) is 0 Å². The number of hydrogen-bond acceptors (Lipinski definition) is 4. The maximum Gasteiger partial charge on any atom is 0.310 e. The fourth-order valence-corrected chi connectivity index (χ4v) is 3.21. The standard InChI is InChI=1S/C25H24FNO4/c1-30-23-13-12-19(14-21(23)26)16-25(29)31-17-24(28)27-22(20-10-6-3-7-11-20)15-18-8-4-2-5-9-18/h2-14,22H,15-17H2,1H3,(H,27,28)/t22-/m0/s1. The summed E-state index contributed by atoms with van der Waals surface area (Å²) in [4.78, 5) is 24.5. The number of amides is 1. The second-order valence-electron chi connectivity index (χ2n) is 7.03. The Morgan fingerprint density at radius 1 is 0.935 bits per heavy atom. The molecule has 0 saturated heterocycles. The molecule has 3 aromatic carbocycles. The third-order valence-electron chi connectivity index (χ3n) is 4.75. The molecule has 5 nitrogen and oxygen atoms in total. The first-order valence-corrected chi connectivity index (χ1v) is 9.91. The molecular weight excluding hydrogens is 397 g/mol. The first-order valence-electron chi connectivity index (χ1n) is 9.91. The molecule has 3 rings (SSSR count). The average Bonchev–Trinajstić information content (AvgIpc) is 2.79. The Kier molecular flexibility index (Phi) is 7.76. The zero-order chi connectivity index (χ0) is 22.1. The summed E-state index contributed by atoms with van der Waals surface area (Å²) >= 11 is 0. The number of rotatable bonds is 9. The van der Waals surface area contributed by atoms with Gasteiger partial charge in [-0.2, -0.15) is 0 Å². The van der Waals surface area contributed by atoms with Gasteiger partial charge >= 0.3 is 5.97 Å². The summed E-state index contributed by atoms with van der Waals surface area (Å²) in [6, 6.07) is 23.4. The fraction of sp³-hybridized carbons (Fsp3) is 0.200. The van der Waals surface area contributed by atoms with E-state index in [4.69, 9.17) is 9.47 Å². The van der Waals surface area contributed by atoms with Gasteiger partial charge in [0.05, 0.1) is 19.6 Å².